The number of hydrogen-bond donors (Lipinski definition) is 2. The molecule has 0 aromatic heterocycles. The van der Waals surface area contributed by atoms with Crippen LogP contribution in [-0.2, 0) is 19.0 Å². The highest BCUT2D eigenvalue weighted by atomic mass is 79.9. The van der Waals surface area contributed by atoms with Gasteiger partial charge in [-0.25, -0.2) is 5.43 Å². The number of allylic oxidation sites excluding steroid dienone is 3. The molecule has 0 radical (unpaired) electrons. The van der Waals surface area contributed by atoms with Gasteiger partial charge in [0, 0.05) is 29.1 Å². The second kappa shape index (κ2) is 12.8. The van der Waals surface area contributed by atoms with Gasteiger partial charge in [-0.15, -0.1) is 0 Å². The Morgan fingerprint density at radius 3 is 2.74 bits per heavy atom. The summed E-state index contributed by atoms with van der Waals surface area (Å²) in [6, 6.07) is 0.175. The molecule has 1 aliphatic heterocycles. The number of nitrogens with one attached hydrogen (secondary N) is 2. The first-order chi connectivity index (χ1) is 14.7. The zero-order chi connectivity index (χ0) is 22.9. The minimum absolute atomic E-state index is 0.0447. The van der Waals surface area contributed by atoms with Gasteiger partial charge in [-0.05, 0) is 49.7 Å². The topological polar surface area (TPSA) is 68.8 Å². The molecule has 0 bridgehead atoms. The maximum atomic E-state index is 12.9. The predicted octanol–water partition coefficient (Wildman–Crippen LogP) is 5.26. The third kappa shape index (κ3) is 8.72. The van der Waals surface area contributed by atoms with Gasteiger partial charge >= 0.3 is 0 Å². The first-order valence-corrected chi connectivity index (χ1v) is 12.2. The van der Waals surface area contributed by atoms with E-state index in [9.17, 15) is 4.79 Å². The van der Waals surface area contributed by atoms with E-state index >= 15 is 0 Å². The first-order valence-electron chi connectivity index (χ1n) is 11.4. The molecule has 0 spiro atoms. The summed E-state index contributed by atoms with van der Waals surface area (Å²) >= 11 is 3.57. The van der Waals surface area contributed by atoms with Crippen molar-refractivity contribution >= 4 is 21.8 Å². The lowest BCUT2D eigenvalue weighted by atomic mass is 9.86. The van der Waals surface area contributed by atoms with Gasteiger partial charge in [0.25, 0.3) is 5.91 Å². The Morgan fingerprint density at radius 1 is 1.26 bits per heavy atom. The highest BCUT2D eigenvalue weighted by Crippen LogP contribution is 2.28. The zero-order valence-electron chi connectivity index (χ0n) is 19.7. The lowest BCUT2D eigenvalue weighted by Gasteiger charge is -2.30. The normalized spacial score (nSPS) is 21.5. The number of ether oxygens (including phenoxy) is 3. The second-order valence-electron chi connectivity index (χ2n) is 9.21. The molecular formula is C24H39BrN2O4. The molecule has 0 aromatic rings. The monoisotopic (exact) mass is 498 g/mol. The van der Waals surface area contributed by atoms with E-state index in [1.807, 2.05) is 19.1 Å². The Balaban J connectivity index is 1.94. The van der Waals surface area contributed by atoms with Crippen LogP contribution in [0.2, 0.25) is 0 Å². The van der Waals surface area contributed by atoms with Crippen LogP contribution in [0, 0.1) is 5.41 Å². The Morgan fingerprint density at radius 2 is 2.03 bits per heavy atom. The maximum absolute atomic E-state index is 12.9. The van der Waals surface area contributed by atoms with E-state index in [1.54, 1.807) is 0 Å². The maximum Gasteiger partial charge on any atom is 0.265 e. The van der Waals surface area contributed by atoms with Crippen LogP contribution in [0.1, 0.15) is 73.1 Å². The predicted molar refractivity (Wildman–Crippen MR) is 127 cm³/mol. The van der Waals surface area contributed by atoms with Crippen LogP contribution < -0.4 is 10.9 Å². The van der Waals surface area contributed by atoms with E-state index in [0.717, 1.165) is 48.1 Å². The average molecular weight is 499 g/mol. The van der Waals surface area contributed by atoms with Crippen molar-refractivity contribution in [1.82, 2.24) is 10.9 Å². The van der Waals surface area contributed by atoms with Crippen LogP contribution in [0.5, 0.6) is 0 Å². The van der Waals surface area contributed by atoms with E-state index in [-0.39, 0.29) is 23.7 Å². The van der Waals surface area contributed by atoms with Crippen LogP contribution >= 0.6 is 15.9 Å². The van der Waals surface area contributed by atoms with Crippen molar-refractivity contribution in [3.8, 4) is 0 Å². The van der Waals surface area contributed by atoms with Gasteiger partial charge in [0.05, 0.1) is 6.61 Å². The number of halogens is 1. The highest BCUT2D eigenvalue weighted by Gasteiger charge is 2.25. The molecule has 1 unspecified atom stereocenters. The van der Waals surface area contributed by atoms with Gasteiger partial charge in [0.1, 0.15) is 12.4 Å². The van der Waals surface area contributed by atoms with Gasteiger partial charge in [-0.2, -0.15) is 0 Å². The summed E-state index contributed by atoms with van der Waals surface area (Å²) in [5.41, 5.74) is 7.55. The fourth-order valence-corrected chi connectivity index (χ4v) is 4.10. The molecule has 6 nitrogen and oxygen atoms in total. The van der Waals surface area contributed by atoms with Crippen molar-refractivity contribution in [1.29, 1.82) is 0 Å². The molecule has 1 fully saturated rings. The summed E-state index contributed by atoms with van der Waals surface area (Å²) in [6.07, 6.45) is 9.50. The number of carbonyl (C=O) groups is 1. The zero-order valence-corrected chi connectivity index (χ0v) is 21.3. The molecule has 1 amide bonds. The minimum Gasteiger partial charge on any atom is -0.495 e. The molecule has 2 atom stereocenters. The standard InChI is InChI=1S/C24H39BrN2O4/c1-6-21(24(3,4)5)26-27-23(28)19-12-11-18(25)16-20(17(19)2)29-14-15-31-22-10-8-7-9-13-30-22/h11-12,21-22,26H,6-10,13-16H2,1-5H3,(H,27,28)/t21-,22?/m1/s1. The highest BCUT2D eigenvalue weighted by molar-refractivity contribution is 9.11. The Hall–Kier alpha value is -1.15. The van der Waals surface area contributed by atoms with Crippen molar-refractivity contribution < 1.29 is 19.0 Å². The van der Waals surface area contributed by atoms with Gasteiger partial charge in [0.15, 0.2) is 6.29 Å². The largest absolute Gasteiger partial charge is 0.495 e. The summed E-state index contributed by atoms with van der Waals surface area (Å²) in [7, 11) is 0. The Kier molecular flexibility index (Phi) is 10.8. The lowest BCUT2D eigenvalue weighted by molar-refractivity contribution is -0.146. The van der Waals surface area contributed by atoms with Crippen molar-refractivity contribution in [3.05, 3.63) is 33.5 Å². The summed E-state index contributed by atoms with van der Waals surface area (Å²) in [5.74, 6) is 0.609. The Labute approximate surface area is 195 Å². The second-order valence-corrected chi connectivity index (χ2v) is 10.2. The minimum atomic E-state index is -0.164. The molecule has 31 heavy (non-hydrogen) atoms. The van der Waals surface area contributed by atoms with Crippen molar-refractivity contribution in [2.45, 2.75) is 85.5 Å². The molecule has 7 heteroatoms. The van der Waals surface area contributed by atoms with Crippen LogP contribution in [0.3, 0.4) is 0 Å². The van der Waals surface area contributed by atoms with Crippen LogP contribution in [0.25, 0.3) is 0 Å². The van der Waals surface area contributed by atoms with Crippen LogP contribution in [-0.4, -0.2) is 38.1 Å². The molecule has 0 aromatic carbocycles. The fourth-order valence-electron chi connectivity index (χ4n) is 3.71. The molecule has 1 heterocycles. The molecule has 1 saturated heterocycles. The fraction of sp³-hybridized carbons (Fsp3) is 0.708. The smallest absolute Gasteiger partial charge is 0.265 e. The lowest BCUT2D eigenvalue weighted by Crippen LogP contribution is -2.50. The summed E-state index contributed by atoms with van der Waals surface area (Å²) in [6.45, 7) is 12.1. The number of amides is 1. The van der Waals surface area contributed by atoms with E-state index in [0.29, 0.717) is 25.2 Å². The summed E-state index contributed by atoms with van der Waals surface area (Å²) in [4.78, 5) is 12.9. The number of hydrogen-bond acceptors (Lipinski definition) is 5. The van der Waals surface area contributed by atoms with Crippen LogP contribution in [0.15, 0.2) is 33.5 Å². The summed E-state index contributed by atoms with van der Waals surface area (Å²) < 4.78 is 18.5. The van der Waals surface area contributed by atoms with Gasteiger partial charge in [0.2, 0.25) is 0 Å². The van der Waals surface area contributed by atoms with E-state index in [4.69, 9.17) is 14.2 Å². The van der Waals surface area contributed by atoms with Crippen LogP contribution in [0.4, 0.5) is 0 Å². The van der Waals surface area contributed by atoms with E-state index in [1.165, 1.54) is 6.42 Å². The first kappa shape index (κ1) is 26.1. The van der Waals surface area contributed by atoms with E-state index in [2.05, 4.69) is 54.5 Å². The van der Waals surface area contributed by atoms with Crippen molar-refractivity contribution in [2.24, 2.45) is 5.41 Å². The molecule has 0 saturated carbocycles. The molecular weight excluding hydrogens is 460 g/mol. The molecule has 2 N–H and O–H groups in total. The number of hydrazine groups is 1. The molecule has 1 aliphatic carbocycles. The van der Waals surface area contributed by atoms with Gasteiger partial charge < -0.3 is 14.2 Å². The quantitative estimate of drug-likeness (QED) is 0.335. The van der Waals surface area contributed by atoms with E-state index < -0.39 is 0 Å². The SMILES string of the molecule is CC[C@@H](NNC(=O)C1=CC=C(Br)CC(OCCOC2CCCCCO2)=C1C)C(C)(C)C. The third-order valence-electron chi connectivity index (χ3n) is 5.69. The third-order valence-corrected chi connectivity index (χ3v) is 6.24. The van der Waals surface area contributed by atoms with Gasteiger partial charge in [-0.1, -0.05) is 56.1 Å². The van der Waals surface area contributed by atoms with Crippen molar-refractivity contribution in [3.63, 3.8) is 0 Å². The molecule has 2 rings (SSSR count). The molecule has 2 aliphatic rings. The molecule has 176 valence electrons. The van der Waals surface area contributed by atoms with Gasteiger partial charge in [-0.3, -0.25) is 10.2 Å². The summed E-state index contributed by atoms with van der Waals surface area (Å²) in [5, 5.41) is 0. The number of carbonyl (C=O) groups excluding carboxylic acids is 1. The average Bonchev–Trinajstić information content (AvgIpc) is 3.04. The number of rotatable bonds is 9. The Bertz CT molecular complexity index is 686. The van der Waals surface area contributed by atoms with Crippen molar-refractivity contribution in [2.75, 3.05) is 19.8 Å².